The Kier molecular flexibility index (Phi) is 22.6. The maximum atomic E-state index is 15.3. The monoisotopic (exact) mass is 1360 g/mol. The molecule has 5 aromatic rings. The van der Waals surface area contributed by atoms with Crippen LogP contribution in [0.1, 0.15) is 25.0 Å². The second-order valence-electron chi connectivity index (χ2n) is 23.2. The van der Waals surface area contributed by atoms with Crippen LogP contribution >= 0.6 is 0 Å². The van der Waals surface area contributed by atoms with E-state index in [1.54, 1.807) is 0 Å². The molecule has 0 saturated carbocycles. The first kappa shape index (κ1) is 71.2. The number of benzene rings is 4. The number of aromatic hydroxyl groups is 4. The normalized spacial score (nSPS) is 35.8. The lowest BCUT2D eigenvalue weighted by molar-refractivity contribution is -0.400. The molecule has 10 rings (SSSR count). The van der Waals surface area contributed by atoms with Crippen molar-refractivity contribution in [3.63, 3.8) is 0 Å². The van der Waals surface area contributed by atoms with Crippen LogP contribution in [0.25, 0.3) is 34.4 Å². The predicted molar refractivity (Wildman–Crippen MR) is 317 cm³/mol. The minimum atomic E-state index is -2.34. The van der Waals surface area contributed by atoms with Gasteiger partial charge in [0.2, 0.25) is 23.8 Å². The van der Waals surface area contributed by atoms with Gasteiger partial charge in [-0.15, -0.1) is 0 Å². The SMILES string of the molecule is C[C@@H]1O[C@H](Oc2cc(O)c3c(=O)c(O[C@@H]4O[C@@H](C)[C@H](O[C@@H]5O[C@H](CO)[C@@H](O)[C@H](O)[C@H]5O)[C@@H](O[C@@H]5O[C@H](COC(=O)C=Cc6ccc(O)cc6)[C@@H](O)[C@H](O)[C@H]5O)[C@H]4O[C@@H]4O[C@H](COC(=O)C=Cc5ccc(O)cc5)[C@@H](O)[C@H](O)[C@H]4O)c(-c4ccc(O)cc4)oc3c2)[C@H](O)[C@H](O)[C@H]1O. The van der Waals surface area contributed by atoms with E-state index in [1.165, 1.54) is 98.8 Å². The summed E-state index contributed by atoms with van der Waals surface area (Å²) < 4.78 is 78.3. The van der Waals surface area contributed by atoms with E-state index < -0.39 is 219 Å². The lowest BCUT2D eigenvalue weighted by Gasteiger charge is -2.50. The molecule has 5 aliphatic heterocycles. The number of fused-ring (bicyclic) bond motifs is 1. The molecule has 0 amide bonds. The third-order valence-electron chi connectivity index (χ3n) is 16.5. The van der Waals surface area contributed by atoms with E-state index in [0.717, 1.165) is 24.3 Å². The fraction of sp³-hybridized carbons (Fsp3) is 0.476. The molecule has 5 aliphatic rings. The minimum Gasteiger partial charge on any atom is -0.508 e. The molecule has 0 aliphatic carbocycles. The zero-order chi connectivity index (χ0) is 69.1. The highest BCUT2D eigenvalue weighted by atomic mass is 16.8. The highest BCUT2D eigenvalue weighted by Crippen LogP contribution is 2.42. The van der Waals surface area contributed by atoms with Gasteiger partial charge in [-0.2, -0.15) is 0 Å². The molecule has 1 aromatic heterocycles. The van der Waals surface area contributed by atoms with Crippen molar-refractivity contribution < 1.29 is 158 Å². The quantitative estimate of drug-likeness (QED) is 0.0268. The summed E-state index contributed by atoms with van der Waals surface area (Å²) in [5.74, 6) is -5.10. The van der Waals surface area contributed by atoms with Crippen LogP contribution in [0.4, 0.5) is 0 Å². The molecule has 25 atom stereocenters. The van der Waals surface area contributed by atoms with Crippen LogP contribution in [-0.2, 0) is 57.0 Å². The Balaban J connectivity index is 1.06. The van der Waals surface area contributed by atoms with Crippen LogP contribution in [0.15, 0.2) is 106 Å². The van der Waals surface area contributed by atoms with Gasteiger partial charge in [0.25, 0.3) is 0 Å². The number of carbonyl (C=O) groups is 2. The van der Waals surface area contributed by atoms with E-state index in [1.807, 2.05) is 0 Å². The van der Waals surface area contributed by atoms with Crippen LogP contribution in [0.2, 0.25) is 0 Å². The van der Waals surface area contributed by atoms with Gasteiger partial charge in [-0.1, -0.05) is 24.3 Å². The van der Waals surface area contributed by atoms with Crippen molar-refractivity contribution in [1.82, 2.24) is 0 Å². The number of hydrogen-bond acceptors (Lipinski definition) is 33. The van der Waals surface area contributed by atoms with Crippen molar-refractivity contribution in [2.75, 3.05) is 19.8 Å². The number of hydrogen-bond donors (Lipinski definition) is 17. The number of phenolic OH excluding ortho intramolecular Hbond substituents is 4. The number of carbonyl (C=O) groups excluding carboxylic acids is 2. The average molecular weight is 1360 g/mol. The minimum absolute atomic E-state index is 0.0596. The number of ether oxygens (including phenoxy) is 12. The molecule has 6 heterocycles. The van der Waals surface area contributed by atoms with E-state index in [9.17, 15) is 96.4 Å². The fourth-order valence-electron chi connectivity index (χ4n) is 11.1. The van der Waals surface area contributed by atoms with Crippen molar-refractivity contribution >= 4 is 35.1 Å². The molecular formula is C63H72O33. The highest BCUT2D eigenvalue weighted by Gasteiger charge is 2.58. The Morgan fingerprint density at radius 3 is 1.39 bits per heavy atom. The van der Waals surface area contributed by atoms with Crippen LogP contribution in [-0.4, -0.2) is 272 Å². The Morgan fingerprint density at radius 1 is 0.458 bits per heavy atom. The van der Waals surface area contributed by atoms with E-state index in [4.69, 9.17) is 61.3 Å². The first-order chi connectivity index (χ1) is 45.7. The summed E-state index contributed by atoms with van der Waals surface area (Å²) >= 11 is 0. The zero-order valence-corrected chi connectivity index (χ0v) is 50.6. The van der Waals surface area contributed by atoms with Gasteiger partial charge in [-0.05, 0) is 85.7 Å². The second-order valence-corrected chi connectivity index (χ2v) is 23.2. The van der Waals surface area contributed by atoms with Crippen LogP contribution in [0, 0.1) is 0 Å². The Labute approximate surface area is 542 Å². The van der Waals surface area contributed by atoms with E-state index in [2.05, 4.69) is 0 Å². The molecule has 4 aromatic carbocycles. The van der Waals surface area contributed by atoms with Crippen molar-refractivity contribution in [3.8, 4) is 45.8 Å². The number of aliphatic hydroxyl groups is 13. The molecule has 0 radical (unpaired) electrons. The summed E-state index contributed by atoms with van der Waals surface area (Å²) in [6.45, 7) is -0.0978. The molecule has 522 valence electrons. The first-order valence-corrected chi connectivity index (χ1v) is 30.0. The van der Waals surface area contributed by atoms with Crippen LogP contribution in [0.5, 0.6) is 34.5 Å². The lowest BCUT2D eigenvalue weighted by atomic mass is 9.95. The predicted octanol–water partition coefficient (Wildman–Crippen LogP) is -3.30. The first-order valence-electron chi connectivity index (χ1n) is 30.0. The van der Waals surface area contributed by atoms with Gasteiger partial charge in [0.1, 0.15) is 157 Å². The average Bonchev–Trinajstić information content (AvgIpc) is 0.763. The van der Waals surface area contributed by atoms with Gasteiger partial charge < -0.3 is 148 Å². The van der Waals surface area contributed by atoms with Gasteiger partial charge in [0.15, 0.2) is 30.7 Å². The molecule has 0 spiro atoms. The van der Waals surface area contributed by atoms with E-state index >= 15 is 4.79 Å². The molecular weight excluding hydrogens is 1280 g/mol. The van der Waals surface area contributed by atoms with Gasteiger partial charge in [-0.25, -0.2) is 9.59 Å². The molecule has 0 unspecified atom stereocenters. The van der Waals surface area contributed by atoms with Gasteiger partial charge in [-0.3, -0.25) is 4.79 Å². The maximum absolute atomic E-state index is 15.3. The molecule has 17 N–H and O–H groups in total. The van der Waals surface area contributed by atoms with Crippen LogP contribution in [0.3, 0.4) is 0 Å². The van der Waals surface area contributed by atoms with Crippen molar-refractivity contribution in [3.05, 3.63) is 118 Å². The van der Waals surface area contributed by atoms with Crippen molar-refractivity contribution in [1.29, 1.82) is 0 Å². The molecule has 33 nitrogen and oxygen atoms in total. The van der Waals surface area contributed by atoms with Crippen molar-refractivity contribution in [2.24, 2.45) is 0 Å². The van der Waals surface area contributed by atoms with E-state index in [0.29, 0.717) is 11.1 Å². The van der Waals surface area contributed by atoms with E-state index in [-0.39, 0.29) is 28.6 Å². The number of phenols is 4. The zero-order valence-electron chi connectivity index (χ0n) is 50.6. The Morgan fingerprint density at radius 2 is 0.885 bits per heavy atom. The molecule has 5 saturated heterocycles. The summed E-state index contributed by atoms with van der Waals surface area (Å²) in [4.78, 5) is 41.4. The standard InChI is InChI=1S/C63H72O33/c1-24-41(71)46(76)50(80)59(86-24)88-32-19-33(68)40-34(20-32)89-55(28-9-15-31(67)16-10-28)56(45(40)75)94-63-58(96-62-53(83)49(79)44(74)37(92-62)23-85-39(70)18-8-27-5-13-30(66)14-6-27)57(54(25(2)87-63)93-60-51(81)47(77)42(72)35(21-64)90-60)95-61-52(82)48(78)43(73)36(91-61)22-84-38(69)17-7-26-3-11-29(65)12-4-26/h3-20,24-25,35-37,41-44,46-54,57-68,71-74,76-83H,21-23H2,1-2H3/t24-,25-,35+,36+,37+,41-,42+,43+,44+,46+,47-,48-,49-,50+,51+,52+,53+,54-,57+,58+,59+,60-,61-,62-,63-/m0/s1. The third-order valence-corrected chi connectivity index (χ3v) is 16.5. The van der Waals surface area contributed by atoms with Gasteiger partial charge in [0, 0.05) is 29.8 Å². The Hall–Kier alpha value is -7.53. The molecule has 0 bridgehead atoms. The fourth-order valence-corrected chi connectivity index (χ4v) is 11.1. The van der Waals surface area contributed by atoms with Crippen LogP contribution < -0.4 is 14.9 Å². The second kappa shape index (κ2) is 30.5. The summed E-state index contributed by atoms with van der Waals surface area (Å²) in [5.41, 5.74) is -0.858. The summed E-state index contributed by atoms with van der Waals surface area (Å²) in [7, 11) is 0. The van der Waals surface area contributed by atoms with Gasteiger partial charge >= 0.3 is 11.9 Å². The summed E-state index contributed by atoms with van der Waals surface area (Å²) in [6, 6.07) is 18.1. The number of rotatable bonds is 20. The topological polar surface area (TPSA) is 519 Å². The number of esters is 2. The summed E-state index contributed by atoms with van der Waals surface area (Å²) in [6.07, 6.45) is -45.1. The highest BCUT2D eigenvalue weighted by molar-refractivity contribution is 5.89. The third kappa shape index (κ3) is 15.7. The smallest absolute Gasteiger partial charge is 0.330 e. The van der Waals surface area contributed by atoms with Crippen molar-refractivity contribution in [2.45, 2.75) is 167 Å². The lowest BCUT2D eigenvalue weighted by Crippen LogP contribution is -2.68. The number of aliphatic hydroxyl groups excluding tert-OH is 13. The largest absolute Gasteiger partial charge is 0.508 e. The summed E-state index contributed by atoms with van der Waals surface area (Å²) in [5, 5.41) is 185. The Bertz CT molecular complexity index is 3570. The molecule has 96 heavy (non-hydrogen) atoms. The maximum Gasteiger partial charge on any atom is 0.330 e. The van der Waals surface area contributed by atoms with Gasteiger partial charge in [0.05, 0.1) is 18.8 Å². The molecule has 5 fully saturated rings. The molecule has 33 heteroatoms.